The molecule has 1 aliphatic carbocycles. The van der Waals surface area contributed by atoms with E-state index in [0.29, 0.717) is 39.7 Å². The fourth-order valence-corrected chi connectivity index (χ4v) is 3.78. The van der Waals surface area contributed by atoms with Gasteiger partial charge in [-0.25, -0.2) is 4.98 Å². The first-order valence-corrected chi connectivity index (χ1v) is 9.39. The average Bonchev–Trinajstić information content (AvgIpc) is 3.27. The van der Waals surface area contributed by atoms with Gasteiger partial charge in [0.2, 0.25) is 5.95 Å². The van der Waals surface area contributed by atoms with Gasteiger partial charge in [-0.15, -0.1) is 0 Å². The molecule has 7 nitrogen and oxygen atoms in total. The number of fused-ring (bicyclic) bond motifs is 1. The molecule has 0 aromatic carbocycles. The fraction of sp³-hybridized carbons (Fsp3) is 0.421. The minimum absolute atomic E-state index is 0.217. The molecule has 0 unspecified atom stereocenters. The maximum Gasteiger partial charge on any atom is 0.228 e. The van der Waals surface area contributed by atoms with Gasteiger partial charge in [0.15, 0.2) is 5.58 Å². The Bertz CT molecular complexity index is 925. The van der Waals surface area contributed by atoms with Crippen molar-refractivity contribution in [2.24, 2.45) is 5.92 Å². The van der Waals surface area contributed by atoms with Crippen LogP contribution in [0.25, 0.3) is 22.3 Å². The van der Waals surface area contributed by atoms with E-state index in [4.69, 9.17) is 16.0 Å². The summed E-state index contributed by atoms with van der Waals surface area (Å²) in [6.07, 6.45) is 6.28. The summed E-state index contributed by atoms with van der Waals surface area (Å²) in [6, 6.07) is 4.04. The predicted octanol–water partition coefficient (Wildman–Crippen LogP) is 3.58. The van der Waals surface area contributed by atoms with Crippen LogP contribution >= 0.6 is 11.6 Å². The number of furan rings is 1. The zero-order valence-electron chi connectivity index (χ0n) is 15.3. The van der Waals surface area contributed by atoms with Crippen molar-refractivity contribution in [3.63, 3.8) is 0 Å². The van der Waals surface area contributed by atoms with E-state index < -0.39 is 0 Å². The van der Waals surface area contributed by atoms with Crippen LogP contribution in [0.4, 0.5) is 11.8 Å². The SMILES string of the molecule is CN(C)c1nc(Cl)c(-c2cc3ccncc3o2)c(N[C@H]2CC[C@@H](CO)C2)n1. The van der Waals surface area contributed by atoms with Crippen LogP contribution in [0.15, 0.2) is 28.9 Å². The zero-order valence-corrected chi connectivity index (χ0v) is 16.1. The third-order valence-corrected chi connectivity index (χ3v) is 5.24. The second-order valence-electron chi connectivity index (χ2n) is 7.16. The van der Waals surface area contributed by atoms with Crippen LogP contribution < -0.4 is 10.2 Å². The topological polar surface area (TPSA) is 87.3 Å². The first-order valence-electron chi connectivity index (χ1n) is 9.01. The van der Waals surface area contributed by atoms with E-state index in [1.807, 2.05) is 31.1 Å². The van der Waals surface area contributed by atoms with Gasteiger partial charge in [-0.1, -0.05) is 11.6 Å². The van der Waals surface area contributed by atoms with Crippen molar-refractivity contribution in [1.29, 1.82) is 0 Å². The number of aliphatic hydroxyl groups is 1. The molecule has 0 bridgehead atoms. The van der Waals surface area contributed by atoms with Gasteiger partial charge < -0.3 is 19.7 Å². The zero-order chi connectivity index (χ0) is 19.0. The van der Waals surface area contributed by atoms with E-state index in [2.05, 4.69) is 20.3 Å². The van der Waals surface area contributed by atoms with Gasteiger partial charge in [-0.3, -0.25) is 4.98 Å². The first-order chi connectivity index (χ1) is 13.0. The monoisotopic (exact) mass is 387 g/mol. The molecule has 0 spiro atoms. The van der Waals surface area contributed by atoms with Gasteiger partial charge in [-0.05, 0) is 37.3 Å². The van der Waals surface area contributed by atoms with Crippen LogP contribution in [0.5, 0.6) is 0 Å². The maximum atomic E-state index is 9.42. The smallest absolute Gasteiger partial charge is 0.228 e. The molecule has 2 atom stereocenters. The standard InChI is InChI=1S/C19H22ClN5O2/c1-25(2)19-23-17(20)16(14-8-12-5-6-21-9-15(12)27-14)18(24-19)22-13-4-3-11(7-13)10-26/h5-6,8-9,11,13,26H,3-4,7,10H2,1-2H3,(H,22,23,24)/t11-,13+/m1/s1. The van der Waals surface area contributed by atoms with Crippen molar-refractivity contribution in [3.8, 4) is 11.3 Å². The fourth-order valence-electron chi connectivity index (χ4n) is 3.52. The van der Waals surface area contributed by atoms with Crippen molar-refractivity contribution in [1.82, 2.24) is 15.0 Å². The Hall–Kier alpha value is -2.38. The van der Waals surface area contributed by atoms with Gasteiger partial charge in [0.05, 0.1) is 11.8 Å². The number of hydrogen-bond acceptors (Lipinski definition) is 7. The third-order valence-electron chi connectivity index (χ3n) is 4.96. The molecular weight excluding hydrogens is 366 g/mol. The number of aliphatic hydroxyl groups excluding tert-OH is 1. The number of rotatable bonds is 5. The van der Waals surface area contributed by atoms with E-state index in [-0.39, 0.29) is 12.6 Å². The Labute approximate surface area is 162 Å². The van der Waals surface area contributed by atoms with E-state index in [9.17, 15) is 5.11 Å². The van der Waals surface area contributed by atoms with Crippen LogP contribution in [0.2, 0.25) is 5.15 Å². The van der Waals surface area contributed by atoms with Crippen LogP contribution in [0.1, 0.15) is 19.3 Å². The second-order valence-corrected chi connectivity index (χ2v) is 7.52. The van der Waals surface area contributed by atoms with E-state index >= 15 is 0 Å². The Morgan fingerprint density at radius 3 is 2.89 bits per heavy atom. The lowest BCUT2D eigenvalue weighted by Crippen LogP contribution is -2.20. The predicted molar refractivity (Wildman–Crippen MR) is 106 cm³/mol. The number of halogens is 1. The van der Waals surface area contributed by atoms with E-state index in [1.54, 1.807) is 12.4 Å². The quantitative estimate of drug-likeness (QED) is 0.647. The Morgan fingerprint density at radius 1 is 1.33 bits per heavy atom. The molecular formula is C19H22ClN5O2. The van der Waals surface area contributed by atoms with Gasteiger partial charge in [0.1, 0.15) is 16.7 Å². The number of anilines is 2. The molecule has 2 N–H and O–H groups in total. The third kappa shape index (κ3) is 3.57. The van der Waals surface area contributed by atoms with E-state index in [1.165, 1.54) is 0 Å². The van der Waals surface area contributed by atoms with Gasteiger partial charge in [0, 0.05) is 38.3 Å². The number of hydrogen-bond donors (Lipinski definition) is 2. The minimum Gasteiger partial charge on any atom is -0.454 e. The van der Waals surface area contributed by atoms with Crippen LogP contribution in [-0.2, 0) is 0 Å². The first kappa shape index (κ1) is 18.0. The number of nitrogens with one attached hydrogen (secondary N) is 1. The number of nitrogens with zero attached hydrogens (tertiary/aromatic N) is 4. The molecule has 3 heterocycles. The highest BCUT2D eigenvalue weighted by Crippen LogP contribution is 2.38. The molecule has 1 saturated carbocycles. The highest BCUT2D eigenvalue weighted by Gasteiger charge is 2.27. The molecule has 142 valence electrons. The molecule has 0 amide bonds. The number of aromatic nitrogens is 3. The summed E-state index contributed by atoms with van der Waals surface area (Å²) in [6.45, 7) is 0.217. The molecule has 0 radical (unpaired) electrons. The van der Waals surface area contributed by atoms with Gasteiger partial charge in [-0.2, -0.15) is 4.98 Å². The van der Waals surface area contributed by atoms with Crippen LogP contribution in [-0.4, -0.2) is 46.8 Å². The van der Waals surface area contributed by atoms with Crippen molar-refractivity contribution in [2.45, 2.75) is 25.3 Å². The summed E-state index contributed by atoms with van der Waals surface area (Å²) in [7, 11) is 3.75. The molecule has 0 aliphatic heterocycles. The molecule has 8 heteroatoms. The Balaban J connectivity index is 1.77. The normalized spacial score (nSPS) is 19.6. The molecule has 4 rings (SSSR count). The molecule has 3 aromatic heterocycles. The van der Waals surface area contributed by atoms with Crippen LogP contribution in [0, 0.1) is 5.92 Å². The van der Waals surface area contributed by atoms with Gasteiger partial charge in [0.25, 0.3) is 0 Å². The molecule has 27 heavy (non-hydrogen) atoms. The van der Waals surface area contributed by atoms with Crippen molar-refractivity contribution in [2.75, 3.05) is 30.9 Å². The van der Waals surface area contributed by atoms with Crippen molar-refractivity contribution >= 4 is 34.3 Å². The molecule has 0 saturated heterocycles. The summed E-state index contributed by atoms with van der Waals surface area (Å²) < 4.78 is 5.96. The van der Waals surface area contributed by atoms with Gasteiger partial charge >= 0.3 is 0 Å². The number of pyridine rings is 1. The highest BCUT2D eigenvalue weighted by atomic mass is 35.5. The largest absolute Gasteiger partial charge is 0.454 e. The minimum atomic E-state index is 0.217. The summed E-state index contributed by atoms with van der Waals surface area (Å²) in [5.74, 6) is 2.11. The lowest BCUT2D eigenvalue weighted by molar-refractivity contribution is 0.229. The van der Waals surface area contributed by atoms with Crippen molar-refractivity contribution in [3.05, 3.63) is 29.7 Å². The Kier molecular flexibility index (Phi) is 4.88. The Morgan fingerprint density at radius 2 is 2.19 bits per heavy atom. The summed E-state index contributed by atoms with van der Waals surface area (Å²) in [4.78, 5) is 15.0. The van der Waals surface area contributed by atoms with Crippen LogP contribution in [0.3, 0.4) is 0 Å². The summed E-state index contributed by atoms with van der Waals surface area (Å²) >= 11 is 6.55. The lowest BCUT2D eigenvalue weighted by atomic mass is 10.1. The summed E-state index contributed by atoms with van der Waals surface area (Å²) in [5, 5.41) is 14.2. The summed E-state index contributed by atoms with van der Waals surface area (Å²) in [5.41, 5.74) is 1.33. The highest BCUT2D eigenvalue weighted by molar-refractivity contribution is 6.32. The molecule has 1 aliphatic rings. The second kappa shape index (κ2) is 7.32. The average molecular weight is 388 g/mol. The maximum absolute atomic E-state index is 9.42. The molecule has 1 fully saturated rings. The van der Waals surface area contributed by atoms with Crippen molar-refractivity contribution < 1.29 is 9.52 Å². The molecule has 3 aromatic rings. The van der Waals surface area contributed by atoms with E-state index in [0.717, 1.165) is 24.6 Å². The lowest BCUT2D eigenvalue weighted by Gasteiger charge is -2.19.